The van der Waals surface area contributed by atoms with Crippen molar-refractivity contribution >= 4 is 41.5 Å². The molecule has 152 valence electrons. The zero-order valence-electron chi connectivity index (χ0n) is 16.6. The van der Waals surface area contributed by atoms with Gasteiger partial charge in [0.05, 0.1) is 11.9 Å². The lowest BCUT2D eigenvalue weighted by molar-refractivity contribution is -0.120. The lowest BCUT2D eigenvalue weighted by atomic mass is 10.2. The Balaban J connectivity index is 0.00000280. The molecule has 3 heterocycles. The van der Waals surface area contributed by atoms with Crippen LogP contribution < -0.4 is 10.2 Å². The fraction of sp³-hybridized carbons (Fsp3) is 0.474. The Kier molecular flexibility index (Phi) is 8.21. The maximum Gasteiger partial charge on any atom is 0.246 e. The summed E-state index contributed by atoms with van der Waals surface area (Å²) in [5.74, 6) is 0.847. The molecule has 0 aliphatic carbocycles. The van der Waals surface area contributed by atoms with Crippen molar-refractivity contribution < 1.29 is 4.79 Å². The monoisotopic (exact) mass is 497 g/mol. The minimum atomic E-state index is 0. The number of nitrogens with zero attached hydrogens (tertiary/aromatic N) is 6. The molecule has 0 aromatic carbocycles. The van der Waals surface area contributed by atoms with Gasteiger partial charge >= 0.3 is 0 Å². The summed E-state index contributed by atoms with van der Waals surface area (Å²) in [5.41, 5.74) is 3.02. The summed E-state index contributed by atoms with van der Waals surface area (Å²) >= 11 is 0. The van der Waals surface area contributed by atoms with Gasteiger partial charge in [-0.05, 0) is 31.9 Å². The summed E-state index contributed by atoms with van der Waals surface area (Å²) in [4.78, 5) is 25.4. The minimum absolute atomic E-state index is 0. The topological polar surface area (TPSA) is 78.7 Å². The van der Waals surface area contributed by atoms with Crippen LogP contribution in [0.4, 0.5) is 5.69 Å². The number of aromatic nitrogens is 3. The maximum atomic E-state index is 12.6. The average molecular weight is 497 g/mol. The molecule has 0 spiro atoms. The highest BCUT2D eigenvalue weighted by atomic mass is 127. The van der Waals surface area contributed by atoms with Crippen LogP contribution in [-0.4, -0.2) is 64.3 Å². The number of aryl methyl sites for hydroxylation is 2. The van der Waals surface area contributed by atoms with Crippen molar-refractivity contribution in [1.29, 1.82) is 0 Å². The summed E-state index contributed by atoms with van der Waals surface area (Å²) < 4.78 is 1.71. The number of anilines is 1. The van der Waals surface area contributed by atoms with E-state index in [1.54, 1.807) is 15.8 Å². The van der Waals surface area contributed by atoms with E-state index < -0.39 is 0 Å². The number of guanidine groups is 1. The van der Waals surface area contributed by atoms with Gasteiger partial charge in [-0.25, -0.2) is 0 Å². The number of halogens is 1. The van der Waals surface area contributed by atoms with Crippen molar-refractivity contribution in [2.24, 2.45) is 12.0 Å². The molecule has 0 radical (unpaired) electrons. The number of pyridine rings is 1. The molecule has 1 saturated heterocycles. The highest BCUT2D eigenvalue weighted by molar-refractivity contribution is 14.0. The molecule has 2 aromatic heterocycles. The van der Waals surface area contributed by atoms with Crippen LogP contribution in [0, 0.1) is 6.92 Å². The van der Waals surface area contributed by atoms with Crippen LogP contribution in [0.15, 0.2) is 35.7 Å². The Morgan fingerprint density at radius 3 is 2.71 bits per heavy atom. The van der Waals surface area contributed by atoms with Gasteiger partial charge in [0.2, 0.25) is 5.91 Å². The number of aliphatic imine (C=N–C) groups is 1. The number of nitrogens with one attached hydrogen (secondary N) is 1. The van der Waals surface area contributed by atoms with E-state index >= 15 is 0 Å². The third-order valence-corrected chi connectivity index (χ3v) is 4.49. The van der Waals surface area contributed by atoms with Crippen molar-refractivity contribution in [3.8, 4) is 0 Å². The van der Waals surface area contributed by atoms with Gasteiger partial charge in [0.25, 0.3) is 0 Å². The molecular formula is C19H28IN7O. The molecule has 0 bridgehead atoms. The van der Waals surface area contributed by atoms with E-state index in [4.69, 9.17) is 4.99 Å². The van der Waals surface area contributed by atoms with Crippen LogP contribution in [-0.2, 0) is 18.3 Å². The van der Waals surface area contributed by atoms with Gasteiger partial charge < -0.3 is 15.1 Å². The second kappa shape index (κ2) is 10.4. The van der Waals surface area contributed by atoms with Crippen LogP contribution in [0.2, 0.25) is 0 Å². The van der Waals surface area contributed by atoms with E-state index in [1.807, 2.05) is 44.3 Å². The predicted molar refractivity (Wildman–Crippen MR) is 121 cm³/mol. The van der Waals surface area contributed by atoms with Crippen molar-refractivity contribution in [2.75, 3.05) is 37.6 Å². The SMILES string of the molecule is CCNC(=NCCc1ccc(C)nc1)N1CCN(c2cnn(C)c2)C(=O)C1.I. The zero-order valence-corrected chi connectivity index (χ0v) is 19.0. The van der Waals surface area contributed by atoms with Crippen molar-refractivity contribution in [1.82, 2.24) is 25.0 Å². The highest BCUT2D eigenvalue weighted by Crippen LogP contribution is 2.16. The van der Waals surface area contributed by atoms with Crippen LogP contribution in [0.3, 0.4) is 0 Å². The molecule has 1 amide bonds. The smallest absolute Gasteiger partial charge is 0.246 e. The Labute approximate surface area is 183 Å². The summed E-state index contributed by atoms with van der Waals surface area (Å²) in [6, 6.07) is 4.10. The normalized spacial score (nSPS) is 14.8. The third-order valence-electron chi connectivity index (χ3n) is 4.49. The van der Waals surface area contributed by atoms with E-state index in [0.29, 0.717) is 19.6 Å². The van der Waals surface area contributed by atoms with E-state index in [-0.39, 0.29) is 29.9 Å². The number of rotatable bonds is 5. The molecule has 1 aliphatic heterocycles. The lowest BCUT2D eigenvalue weighted by Crippen LogP contribution is -2.55. The van der Waals surface area contributed by atoms with E-state index in [9.17, 15) is 4.79 Å². The van der Waals surface area contributed by atoms with Crippen LogP contribution in [0.1, 0.15) is 18.2 Å². The van der Waals surface area contributed by atoms with Gasteiger partial charge in [-0.1, -0.05) is 6.07 Å². The molecule has 1 N–H and O–H groups in total. The maximum absolute atomic E-state index is 12.6. The number of hydrogen-bond donors (Lipinski definition) is 1. The quantitative estimate of drug-likeness (QED) is 0.386. The summed E-state index contributed by atoms with van der Waals surface area (Å²) in [5, 5.41) is 7.45. The fourth-order valence-electron chi connectivity index (χ4n) is 3.04. The fourth-order valence-corrected chi connectivity index (χ4v) is 3.04. The van der Waals surface area contributed by atoms with Crippen molar-refractivity contribution in [3.05, 3.63) is 42.0 Å². The van der Waals surface area contributed by atoms with E-state index in [1.165, 1.54) is 0 Å². The first-order chi connectivity index (χ1) is 13.1. The summed E-state index contributed by atoms with van der Waals surface area (Å²) in [7, 11) is 1.85. The number of carbonyl (C=O) groups is 1. The van der Waals surface area contributed by atoms with E-state index in [0.717, 1.165) is 42.4 Å². The first kappa shape index (κ1) is 22.1. The summed E-state index contributed by atoms with van der Waals surface area (Å²) in [6.45, 7) is 7.11. The number of carbonyl (C=O) groups excluding carboxylic acids is 1. The van der Waals surface area contributed by atoms with E-state index in [2.05, 4.69) is 21.5 Å². The zero-order chi connectivity index (χ0) is 19.2. The second-order valence-corrected chi connectivity index (χ2v) is 6.63. The molecule has 0 atom stereocenters. The van der Waals surface area contributed by atoms with Gasteiger partial charge in [-0.3, -0.25) is 19.5 Å². The third kappa shape index (κ3) is 5.66. The molecule has 3 rings (SSSR count). The van der Waals surface area contributed by atoms with Crippen LogP contribution >= 0.6 is 24.0 Å². The number of amides is 1. The lowest BCUT2D eigenvalue weighted by Gasteiger charge is -2.35. The summed E-state index contributed by atoms with van der Waals surface area (Å²) in [6.07, 6.45) is 6.31. The Bertz CT molecular complexity index is 803. The molecule has 1 fully saturated rings. The van der Waals surface area contributed by atoms with Crippen LogP contribution in [0.5, 0.6) is 0 Å². The largest absolute Gasteiger partial charge is 0.357 e. The molecule has 8 nitrogen and oxygen atoms in total. The predicted octanol–water partition coefficient (Wildman–Crippen LogP) is 1.60. The first-order valence-electron chi connectivity index (χ1n) is 9.30. The number of piperazine rings is 1. The average Bonchev–Trinajstić information content (AvgIpc) is 3.08. The standard InChI is InChI=1S/C19H27N7O.HI/c1-4-20-19(21-8-7-16-6-5-15(2)22-11-16)25-9-10-26(18(27)14-25)17-12-23-24(3)13-17;/h5-6,11-13H,4,7-10,14H2,1-3H3,(H,20,21);1H. The number of hydrogen-bond acceptors (Lipinski definition) is 4. The van der Waals surface area contributed by atoms with Gasteiger partial charge in [0.1, 0.15) is 6.54 Å². The molecular weight excluding hydrogens is 469 g/mol. The molecule has 1 aliphatic rings. The van der Waals surface area contributed by atoms with Gasteiger partial charge in [0.15, 0.2) is 5.96 Å². The van der Waals surface area contributed by atoms with Crippen molar-refractivity contribution in [3.63, 3.8) is 0 Å². The van der Waals surface area contributed by atoms with Gasteiger partial charge in [0, 0.05) is 51.3 Å². The Hall–Kier alpha value is -2.17. The molecule has 2 aromatic rings. The Morgan fingerprint density at radius 1 is 1.29 bits per heavy atom. The van der Waals surface area contributed by atoms with Gasteiger partial charge in [-0.15, -0.1) is 24.0 Å². The van der Waals surface area contributed by atoms with Crippen LogP contribution in [0.25, 0.3) is 0 Å². The molecule has 0 saturated carbocycles. The molecule has 9 heteroatoms. The Morgan fingerprint density at radius 2 is 2.11 bits per heavy atom. The second-order valence-electron chi connectivity index (χ2n) is 6.63. The molecule has 0 unspecified atom stereocenters. The first-order valence-corrected chi connectivity index (χ1v) is 9.30. The minimum Gasteiger partial charge on any atom is -0.357 e. The highest BCUT2D eigenvalue weighted by Gasteiger charge is 2.27. The van der Waals surface area contributed by atoms with Gasteiger partial charge in [-0.2, -0.15) is 5.10 Å². The molecule has 28 heavy (non-hydrogen) atoms. The van der Waals surface area contributed by atoms with Crippen molar-refractivity contribution in [2.45, 2.75) is 20.3 Å².